The number of hydrogen-bond acceptors (Lipinski definition) is 1. The van der Waals surface area contributed by atoms with Crippen molar-refractivity contribution in [2.45, 2.75) is 63.7 Å². The molecule has 1 saturated carbocycles. The van der Waals surface area contributed by atoms with E-state index in [2.05, 4.69) is 6.92 Å². The van der Waals surface area contributed by atoms with Gasteiger partial charge in [-0.1, -0.05) is 44.0 Å². The molecule has 0 unspecified atom stereocenters. The summed E-state index contributed by atoms with van der Waals surface area (Å²) < 4.78 is 27.9. The summed E-state index contributed by atoms with van der Waals surface area (Å²) in [6.07, 6.45) is 6.20. The Labute approximate surface area is 165 Å². The fourth-order valence-corrected chi connectivity index (χ4v) is 4.51. The maximum absolute atomic E-state index is 15.0. The summed E-state index contributed by atoms with van der Waals surface area (Å²) in [5.74, 6) is -1.06. The van der Waals surface area contributed by atoms with Gasteiger partial charge in [0, 0.05) is 5.56 Å². The van der Waals surface area contributed by atoms with Crippen LogP contribution in [0.5, 0.6) is 0 Å². The third-order valence-electron chi connectivity index (χ3n) is 6.23. The van der Waals surface area contributed by atoms with Gasteiger partial charge in [0.25, 0.3) is 0 Å². The minimum absolute atomic E-state index is 0.272. The van der Waals surface area contributed by atoms with Crippen molar-refractivity contribution in [2.75, 3.05) is 0 Å². The van der Waals surface area contributed by atoms with Crippen molar-refractivity contribution in [3.05, 3.63) is 70.8 Å². The Hall–Kier alpha value is -2.23. The molecule has 3 rings (SSSR count). The number of carboxylic acids is 1. The van der Waals surface area contributed by atoms with Crippen LogP contribution < -0.4 is 0 Å². The van der Waals surface area contributed by atoms with Crippen molar-refractivity contribution in [1.29, 1.82) is 0 Å². The highest BCUT2D eigenvalue weighted by atomic mass is 19.1. The van der Waals surface area contributed by atoms with Crippen LogP contribution in [0.4, 0.5) is 8.78 Å². The molecule has 1 N–H and O–H groups in total. The molecule has 0 heterocycles. The second kappa shape index (κ2) is 8.85. The highest BCUT2D eigenvalue weighted by Crippen LogP contribution is 2.44. The Morgan fingerprint density at radius 3 is 2.21 bits per heavy atom. The van der Waals surface area contributed by atoms with E-state index in [1.165, 1.54) is 18.2 Å². The van der Waals surface area contributed by atoms with E-state index in [0.29, 0.717) is 37.2 Å². The lowest BCUT2D eigenvalue weighted by Gasteiger charge is -2.37. The first kappa shape index (κ1) is 20.5. The van der Waals surface area contributed by atoms with Gasteiger partial charge in [-0.15, -0.1) is 0 Å². The van der Waals surface area contributed by atoms with Crippen LogP contribution in [0.2, 0.25) is 0 Å². The fourth-order valence-electron chi connectivity index (χ4n) is 4.51. The topological polar surface area (TPSA) is 37.3 Å². The van der Waals surface area contributed by atoms with E-state index in [1.807, 2.05) is 6.07 Å². The summed E-state index contributed by atoms with van der Waals surface area (Å²) in [4.78, 5) is 12.1. The van der Waals surface area contributed by atoms with Gasteiger partial charge in [-0.25, -0.2) is 8.78 Å². The Balaban J connectivity index is 1.74. The van der Waals surface area contributed by atoms with Crippen molar-refractivity contribution in [2.24, 2.45) is 5.92 Å². The van der Waals surface area contributed by atoms with Crippen LogP contribution in [0, 0.1) is 17.6 Å². The predicted octanol–water partition coefficient (Wildman–Crippen LogP) is 6.06. The molecule has 0 aliphatic heterocycles. The molecule has 2 aromatic carbocycles. The molecule has 0 aromatic heterocycles. The lowest BCUT2D eigenvalue weighted by Crippen LogP contribution is -2.40. The first-order valence-electron chi connectivity index (χ1n) is 10.2. The SMILES string of the molecule is CCCC1CCC(C(=O)O)(c2ccc(CCc3ccc(F)cc3)cc2F)CC1. The number of rotatable bonds is 7. The molecule has 0 amide bonds. The number of halogens is 2. The van der Waals surface area contributed by atoms with E-state index < -0.39 is 17.2 Å². The van der Waals surface area contributed by atoms with Crippen molar-refractivity contribution in [3.63, 3.8) is 0 Å². The zero-order chi connectivity index (χ0) is 20.1. The summed E-state index contributed by atoms with van der Waals surface area (Å²) in [6, 6.07) is 11.3. The molecular formula is C24H28F2O2. The summed E-state index contributed by atoms with van der Waals surface area (Å²) in [7, 11) is 0. The van der Waals surface area contributed by atoms with Gasteiger partial charge < -0.3 is 5.11 Å². The van der Waals surface area contributed by atoms with Crippen LogP contribution in [0.15, 0.2) is 42.5 Å². The third kappa shape index (κ3) is 4.43. The van der Waals surface area contributed by atoms with E-state index >= 15 is 0 Å². The molecule has 4 heteroatoms. The Morgan fingerprint density at radius 1 is 1.04 bits per heavy atom. The molecule has 0 radical (unpaired) electrons. The van der Waals surface area contributed by atoms with Crippen molar-refractivity contribution >= 4 is 5.97 Å². The van der Waals surface area contributed by atoms with Crippen LogP contribution >= 0.6 is 0 Å². The second-order valence-corrected chi connectivity index (χ2v) is 8.06. The molecule has 1 fully saturated rings. The third-order valence-corrected chi connectivity index (χ3v) is 6.23. The van der Waals surface area contributed by atoms with E-state index in [4.69, 9.17) is 0 Å². The van der Waals surface area contributed by atoms with Crippen LogP contribution in [0.1, 0.15) is 62.1 Å². The van der Waals surface area contributed by atoms with Gasteiger partial charge in [-0.2, -0.15) is 0 Å². The summed E-state index contributed by atoms with van der Waals surface area (Å²) >= 11 is 0. The molecule has 0 bridgehead atoms. The smallest absolute Gasteiger partial charge is 0.314 e. The molecule has 1 aliphatic carbocycles. The Morgan fingerprint density at radius 2 is 1.64 bits per heavy atom. The summed E-state index contributed by atoms with van der Waals surface area (Å²) in [5, 5.41) is 9.93. The van der Waals surface area contributed by atoms with Gasteiger partial charge in [-0.3, -0.25) is 4.79 Å². The van der Waals surface area contributed by atoms with Crippen LogP contribution in [0.25, 0.3) is 0 Å². The monoisotopic (exact) mass is 386 g/mol. The number of aryl methyl sites for hydroxylation is 2. The van der Waals surface area contributed by atoms with Gasteiger partial charge in [0.2, 0.25) is 0 Å². The minimum atomic E-state index is -1.11. The highest BCUT2D eigenvalue weighted by molar-refractivity contribution is 5.81. The number of aliphatic carboxylic acids is 1. The molecule has 0 saturated heterocycles. The maximum Gasteiger partial charge on any atom is 0.314 e. The molecular weight excluding hydrogens is 358 g/mol. The highest BCUT2D eigenvalue weighted by Gasteiger charge is 2.44. The van der Waals surface area contributed by atoms with Gasteiger partial charge in [0.05, 0.1) is 5.41 Å². The lowest BCUT2D eigenvalue weighted by atomic mass is 9.65. The average molecular weight is 386 g/mol. The molecule has 0 atom stereocenters. The largest absolute Gasteiger partial charge is 0.481 e. The van der Waals surface area contributed by atoms with E-state index in [9.17, 15) is 18.7 Å². The molecule has 0 spiro atoms. The quantitative estimate of drug-likeness (QED) is 0.628. The van der Waals surface area contributed by atoms with E-state index in [-0.39, 0.29) is 5.82 Å². The van der Waals surface area contributed by atoms with Crippen LogP contribution in [-0.4, -0.2) is 11.1 Å². The van der Waals surface area contributed by atoms with Crippen molar-refractivity contribution in [3.8, 4) is 0 Å². The predicted molar refractivity (Wildman–Crippen MR) is 106 cm³/mol. The number of carboxylic acid groups (broad SMARTS) is 1. The average Bonchev–Trinajstić information content (AvgIpc) is 2.68. The number of carbonyl (C=O) groups is 1. The molecule has 1 aliphatic rings. The number of hydrogen-bond donors (Lipinski definition) is 1. The zero-order valence-corrected chi connectivity index (χ0v) is 16.4. The van der Waals surface area contributed by atoms with Crippen LogP contribution in [-0.2, 0) is 23.1 Å². The zero-order valence-electron chi connectivity index (χ0n) is 16.4. The molecule has 28 heavy (non-hydrogen) atoms. The normalized spacial score (nSPS) is 22.2. The minimum Gasteiger partial charge on any atom is -0.481 e. The maximum atomic E-state index is 15.0. The Kier molecular flexibility index (Phi) is 6.48. The first-order chi connectivity index (χ1) is 13.4. The van der Waals surface area contributed by atoms with Gasteiger partial charge in [0.15, 0.2) is 0 Å². The van der Waals surface area contributed by atoms with Crippen LogP contribution in [0.3, 0.4) is 0 Å². The standard InChI is InChI=1S/C24H28F2O2/c1-2-3-17-12-14-24(15-13-17,23(27)28)21-11-8-19(16-22(21)26)5-4-18-6-9-20(25)10-7-18/h6-11,16-17H,2-5,12-15H2,1H3,(H,27,28). The second-order valence-electron chi connectivity index (χ2n) is 8.06. The molecule has 150 valence electrons. The fraction of sp³-hybridized carbons (Fsp3) is 0.458. The van der Waals surface area contributed by atoms with Gasteiger partial charge in [0.1, 0.15) is 11.6 Å². The number of benzene rings is 2. The van der Waals surface area contributed by atoms with E-state index in [1.54, 1.807) is 18.2 Å². The van der Waals surface area contributed by atoms with E-state index in [0.717, 1.165) is 36.8 Å². The van der Waals surface area contributed by atoms with Crippen molar-refractivity contribution in [1.82, 2.24) is 0 Å². The summed E-state index contributed by atoms with van der Waals surface area (Å²) in [5.41, 5.74) is 1.03. The van der Waals surface area contributed by atoms with Crippen molar-refractivity contribution < 1.29 is 18.7 Å². The van der Waals surface area contributed by atoms with Gasteiger partial charge >= 0.3 is 5.97 Å². The van der Waals surface area contributed by atoms with Gasteiger partial charge in [-0.05, 0) is 73.8 Å². The summed E-state index contributed by atoms with van der Waals surface area (Å²) in [6.45, 7) is 2.14. The Bertz CT molecular complexity index is 806. The molecule has 2 nitrogen and oxygen atoms in total. The lowest BCUT2D eigenvalue weighted by molar-refractivity contribution is -0.145. The molecule has 2 aromatic rings. The first-order valence-corrected chi connectivity index (χ1v) is 10.2.